The monoisotopic (exact) mass is 606 g/mol. The molecule has 3 atom stereocenters. The first-order valence-electron chi connectivity index (χ1n) is 14.0. The van der Waals surface area contributed by atoms with Crippen molar-refractivity contribution in [3.8, 4) is 11.8 Å². The van der Waals surface area contributed by atoms with Gasteiger partial charge in [-0.15, -0.1) is 12.4 Å². The number of anilines is 2. The number of hydrogen-bond donors (Lipinski definition) is 3. The van der Waals surface area contributed by atoms with Gasteiger partial charge in [-0.2, -0.15) is 4.98 Å². The van der Waals surface area contributed by atoms with Gasteiger partial charge in [-0.3, -0.25) is 9.28 Å². The van der Waals surface area contributed by atoms with Crippen LogP contribution in [-0.2, 0) is 20.7 Å². The third-order valence-electron chi connectivity index (χ3n) is 8.23. The second-order valence-corrected chi connectivity index (χ2v) is 11.0. The van der Waals surface area contributed by atoms with Crippen LogP contribution in [0.15, 0.2) is 48.7 Å². The Kier molecular flexibility index (Phi) is 9.42. The Hall–Kier alpha value is -4.01. The molecule has 10 nitrogen and oxygen atoms in total. The van der Waals surface area contributed by atoms with Crippen molar-refractivity contribution in [1.82, 2.24) is 14.5 Å². The minimum atomic E-state index is -2.26. The number of halogens is 1. The number of carboxylic acids is 1. The molecular formula is C32H37ClN5O5+. The van der Waals surface area contributed by atoms with E-state index < -0.39 is 23.6 Å². The summed E-state index contributed by atoms with van der Waals surface area (Å²) in [6, 6.07) is 13.3. The Labute approximate surface area is 257 Å². The molecule has 11 heteroatoms. The van der Waals surface area contributed by atoms with Gasteiger partial charge in [-0.25, -0.2) is 9.78 Å². The molecule has 2 heterocycles. The van der Waals surface area contributed by atoms with E-state index in [9.17, 15) is 14.7 Å². The molecule has 2 aromatic carbocycles. The molecule has 43 heavy (non-hydrogen) atoms. The molecule has 3 aromatic rings. The van der Waals surface area contributed by atoms with Crippen molar-refractivity contribution < 1.29 is 24.2 Å². The minimum absolute atomic E-state index is 0. The Morgan fingerprint density at radius 1 is 1.12 bits per heavy atom. The van der Waals surface area contributed by atoms with Gasteiger partial charge in [0, 0.05) is 55.5 Å². The van der Waals surface area contributed by atoms with Gasteiger partial charge in [0.2, 0.25) is 18.0 Å². The fourth-order valence-electron chi connectivity index (χ4n) is 6.26. The van der Waals surface area contributed by atoms with E-state index in [1.54, 1.807) is 0 Å². The second-order valence-electron chi connectivity index (χ2n) is 11.0. The van der Waals surface area contributed by atoms with Crippen LogP contribution in [0.4, 0.5) is 17.5 Å². The van der Waals surface area contributed by atoms with Gasteiger partial charge in [0.15, 0.2) is 0 Å². The van der Waals surface area contributed by atoms with Crippen LogP contribution < -0.4 is 16.0 Å². The molecule has 226 valence electrons. The average molecular weight is 607 g/mol. The molecule has 0 bridgehead atoms. The molecule has 1 aliphatic carbocycles. The Morgan fingerprint density at radius 2 is 1.81 bits per heavy atom. The number of aliphatic carboxylic acids is 1. The number of hydrogen-bond acceptors (Lipinski definition) is 8. The van der Waals surface area contributed by atoms with Crippen LogP contribution in [0.5, 0.6) is 0 Å². The van der Waals surface area contributed by atoms with Crippen LogP contribution in [0.1, 0.15) is 58.8 Å². The van der Waals surface area contributed by atoms with Crippen molar-refractivity contribution in [2.45, 2.75) is 44.4 Å². The zero-order chi connectivity index (χ0) is 30.1. The Bertz CT molecular complexity index is 1590. The number of fused-ring (bicyclic) bond motifs is 1. The summed E-state index contributed by atoms with van der Waals surface area (Å²) in [4.78, 5) is 35.8. The summed E-state index contributed by atoms with van der Waals surface area (Å²) in [5, 5.41) is 10.6. The number of aromatic nitrogens is 2. The van der Waals surface area contributed by atoms with Crippen LogP contribution in [0.3, 0.4) is 0 Å². The smallest absolute Gasteiger partial charge is 0.353 e. The molecule has 3 unspecified atom stereocenters. The number of quaternary nitrogens is 1. The molecular weight excluding hydrogens is 570 g/mol. The van der Waals surface area contributed by atoms with Crippen molar-refractivity contribution in [3.05, 3.63) is 76.5 Å². The highest BCUT2D eigenvalue weighted by atomic mass is 35.5. The highest BCUT2D eigenvalue weighted by Gasteiger charge is 2.69. The largest absolute Gasteiger partial charge is 0.478 e. The van der Waals surface area contributed by atoms with Gasteiger partial charge < -0.3 is 26.0 Å². The number of carbonyl (C=O) groups is 2. The number of nitrogens with zero attached hydrogens (tertiary/aromatic N) is 3. The normalized spacial score (nSPS) is 22.6. The quantitative estimate of drug-likeness (QED) is 0.188. The maximum Gasteiger partial charge on any atom is 0.353 e. The number of nitrogen functional groups attached to an aromatic ring is 2. The van der Waals surface area contributed by atoms with Gasteiger partial charge in [-0.05, 0) is 43.0 Å². The van der Waals surface area contributed by atoms with Crippen LogP contribution >= 0.6 is 12.4 Å². The number of methoxy groups -OCH3 is 2. The highest BCUT2D eigenvalue weighted by Crippen LogP contribution is 2.49. The van der Waals surface area contributed by atoms with E-state index in [0.717, 1.165) is 18.4 Å². The number of carbonyl (C=O) groups excluding carboxylic acids is 1. The lowest BCUT2D eigenvalue weighted by atomic mass is 9.78. The molecule has 1 aromatic heterocycles. The number of benzene rings is 2. The lowest BCUT2D eigenvalue weighted by molar-refractivity contribution is -0.191. The number of Topliss-reactive ketones (excluding diaryl/α,β-unsaturated/α-hetero) is 1. The van der Waals surface area contributed by atoms with Crippen molar-refractivity contribution in [2.75, 3.05) is 38.8 Å². The third-order valence-corrected chi connectivity index (χ3v) is 8.23. The fraction of sp³-hybridized carbons (Fsp3) is 0.375. The summed E-state index contributed by atoms with van der Waals surface area (Å²) < 4.78 is 11.8. The molecule has 0 amide bonds. The molecule has 0 radical (unpaired) electrons. The third kappa shape index (κ3) is 5.69. The van der Waals surface area contributed by atoms with Gasteiger partial charge in [0.25, 0.3) is 0 Å². The van der Waals surface area contributed by atoms with E-state index in [1.165, 1.54) is 20.4 Å². The minimum Gasteiger partial charge on any atom is -0.478 e. The van der Waals surface area contributed by atoms with Gasteiger partial charge in [-0.1, -0.05) is 37.0 Å². The molecule has 5 rings (SSSR count). The lowest BCUT2D eigenvalue weighted by Gasteiger charge is -2.52. The molecule has 0 saturated heterocycles. The zero-order valence-electron chi connectivity index (χ0n) is 24.5. The summed E-state index contributed by atoms with van der Waals surface area (Å²) in [6.07, 6.45) is 3.33. The van der Waals surface area contributed by atoms with Crippen LogP contribution in [-0.4, -0.2) is 66.0 Å². The summed E-state index contributed by atoms with van der Waals surface area (Å²) in [5.74, 6) is 5.00. The van der Waals surface area contributed by atoms with Crippen molar-refractivity contribution in [3.63, 3.8) is 0 Å². The average Bonchev–Trinajstić information content (AvgIpc) is 3.79. The van der Waals surface area contributed by atoms with Crippen molar-refractivity contribution in [1.29, 1.82) is 0 Å². The van der Waals surface area contributed by atoms with E-state index in [0.29, 0.717) is 47.8 Å². The number of rotatable bonds is 9. The summed E-state index contributed by atoms with van der Waals surface area (Å²) >= 11 is 0. The molecule has 1 aliphatic heterocycles. The molecule has 5 N–H and O–H groups in total. The van der Waals surface area contributed by atoms with E-state index >= 15 is 0 Å². The fourth-order valence-corrected chi connectivity index (χ4v) is 6.26. The van der Waals surface area contributed by atoms with Gasteiger partial charge >= 0.3 is 11.6 Å². The topological polar surface area (TPSA) is 151 Å². The van der Waals surface area contributed by atoms with E-state index in [1.807, 2.05) is 49.4 Å². The number of ether oxygens (including phenoxy) is 2. The Morgan fingerprint density at radius 3 is 2.40 bits per heavy atom. The lowest BCUT2D eigenvalue weighted by Crippen LogP contribution is -2.76. The van der Waals surface area contributed by atoms with E-state index in [2.05, 4.69) is 21.8 Å². The standard InChI is InChI=1S/C32H35N5O5.ClH/c1-4-14-37(19-21-11-12-21)25-16-22(13-10-20-8-6-5-7-9-20)15-23(17-24-18-35-31(34)36-28(24)33)26(25)27(38)32(42-3,30(39)40)29(37)41-2;/h5-9,15-16,18,21,29H,4,11-12,14,17,19H2,1-3H3,(H4-,33,34,35,36,39,40);1H/p+1. The van der Waals surface area contributed by atoms with Crippen LogP contribution in [0.2, 0.25) is 0 Å². The number of ketones is 1. The molecule has 0 spiro atoms. The molecule has 1 fully saturated rings. The first-order chi connectivity index (χ1) is 20.2. The molecule has 2 aliphatic rings. The number of carboxylic acid groups (broad SMARTS) is 1. The maximum absolute atomic E-state index is 14.5. The summed E-state index contributed by atoms with van der Waals surface area (Å²) in [7, 11) is 2.70. The van der Waals surface area contributed by atoms with E-state index in [4.69, 9.17) is 20.9 Å². The predicted molar refractivity (Wildman–Crippen MR) is 167 cm³/mol. The Balaban J connectivity index is 0.00000423. The maximum atomic E-state index is 14.5. The zero-order valence-corrected chi connectivity index (χ0v) is 25.3. The van der Waals surface area contributed by atoms with Crippen LogP contribution in [0.25, 0.3) is 0 Å². The molecule has 1 saturated carbocycles. The van der Waals surface area contributed by atoms with Crippen LogP contribution in [0, 0.1) is 17.8 Å². The SMILES string of the molecule is CCC[N+]1(CC2CC2)c2cc(C#Cc3ccccc3)cc(Cc3cnc(N)nc3N)c2C(=O)C(OC)(C(=O)O)C1OC.Cl. The van der Waals surface area contributed by atoms with Gasteiger partial charge in [0.05, 0.1) is 18.7 Å². The first-order valence-corrected chi connectivity index (χ1v) is 14.0. The van der Waals surface area contributed by atoms with Crippen molar-refractivity contribution in [2.24, 2.45) is 5.92 Å². The highest BCUT2D eigenvalue weighted by molar-refractivity contribution is 6.20. The van der Waals surface area contributed by atoms with Crippen molar-refractivity contribution >= 4 is 41.6 Å². The van der Waals surface area contributed by atoms with E-state index in [-0.39, 0.29) is 40.6 Å². The first kappa shape index (κ1) is 31.9. The summed E-state index contributed by atoms with van der Waals surface area (Å²) in [5.41, 5.74) is 13.3. The predicted octanol–water partition coefficient (Wildman–Crippen LogP) is 3.82. The second kappa shape index (κ2) is 12.7. The van der Waals surface area contributed by atoms with Gasteiger partial charge in [0.1, 0.15) is 11.5 Å². The number of nitrogens with two attached hydrogens (primary N) is 2. The summed E-state index contributed by atoms with van der Waals surface area (Å²) in [6.45, 7) is 3.18.